The number of rotatable bonds is 3. The number of hydrogen-bond donors (Lipinski definition) is 1. The van der Waals surface area contributed by atoms with Gasteiger partial charge in [0.25, 0.3) is 5.89 Å². The average Bonchev–Trinajstić information content (AvgIpc) is 2.96. The first-order chi connectivity index (χ1) is 10.2. The number of methoxy groups -OCH3 is 1. The number of hydrogen-bond acceptors (Lipinski definition) is 5. The van der Waals surface area contributed by atoms with Gasteiger partial charge in [0, 0.05) is 17.3 Å². The molecule has 2 aromatic carbocycles. The molecule has 0 aliphatic rings. The summed E-state index contributed by atoms with van der Waals surface area (Å²) in [5, 5.41) is 4.03. The monoisotopic (exact) mass is 281 g/mol. The van der Waals surface area contributed by atoms with Crippen molar-refractivity contribution in [2.75, 3.05) is 12.8 Å². The molecule has 0 spiro atoms. The van der Waals surface area contributed by atoms with E-state index >= 15 is 0 Å². The van der Waals surface area contributed by atoms with Crippen LogP contribution in [0.4, 0.5) is 5.69 Å². The molecule has 0 aliphatic carbocycles. The van der Waals surface area contributed by atoms with Gasteiger partial charge in [-0.2, -0.15) is 4.98 Å². The normalized spacial score (nSPS) is 10.6. The smallest absolute Gasteiger partial charge is 0.262 e. The molecular weight excluding hydrogens is 266 g/mol. The number of nitrogen functional groups attached to an aromatic ring is 1. The lowest BCUT2D eigenvalue weighted by molar-refractivity contribution is 0.405. The molecule has 5 nitrogen and oxygen atoms in total. The SMILES string of the molecule is COc1cc(N)ccc1-c1nc(-c2cccc(C)c2)no1. The number of ether oxygens (including phenoxy) is 1. The number of nitrogens with two attached hydrogens (primary N) is 1. The van der Waals surface area contributed by atoms with Crippen LogP contribution in [0.2, 0.25) is 0 Å². The van der Waals surface area contributed by atoms with E-state index < -0.39 is 0 Å². The van der Waals surface area contributed by atoms with Crippen LogP contribution in [0, 0.1) is 6.92 Å². The van der Waals surface area contributed by atoms with Crippen molar-refractivity contribution in [1.29, 1.82) is 0 Å². The number of nitrogens with zero attached hydrogens (tertiary/aromatic N) is 2. The van der Waals surface area contributed by atoms with E-state index in [1.54, 1.807) is 19.2 Å². The summed E-state index contributed by atoms with van der Waals surface area (Å²) in [6, 6.07) is 13.2. The van der Waals surface area contributed by atoms with Crippen LogP contribution in [0.15, 0.2) is 47.0 Å². The third-order valence-corrected chi connectivity index (χ3v) is 3.16. The third-order valence-electron chi connectivity index (χ3n) is 3.16. The van der Waals surface area contributed by atoms with Gasteiger partial charge in [0.2, 0.25) is 5.82 Å². The lowest BCUT2D eigenvalue weighted by atomic mass is 10.1. The fourth-order valence-corrected chi connectivity index (χ4v) is 2.12. The Labute approximate surface area is 122 Å². The molecule has 0 bridgehead atoms. The van der Waals surface area contributed by atoms with Gasteiger partial charge in [0.15, 0.2) is 0 Å². The molecule has 0 amide bonds. The summed E-state index contributed by atoms with van der Waals surface area (Å²) in [7, 11) is 1.58. The number of benzene rings is 2. The molecule has 0 radical (unpaired) electrons. The van der Waals surface area contributed by atoms with Crippen LogP contribution < -0.4 is 10.5 Å². The molecule has 0 aliphatic heterocycles. The summed E-state index contributed by atoms with van der Waals surface area (Å²) in [6.07, 6.45) is 0. The first-order valence-corrected chi connectivity index (χ1v) is 6.52. The van der Waals surface area contributed by atoms with Crippen molar-refractivity contribution >= 4 is 5.69 Å². The van der Waals surface area contributed by atoms with Gasteiger partial charge < -0.3 is 15.0 Å². The van der Waals surface area contributed by atoms with E-state index in [4.69, 9.17) is 15.0 Å². The van der Waals surface area contributed by atoms with E-state index in [-0.39, 0.29) is 0 Å². The van der Waals surface area contributed by atoms with Gasteiger partial charge >= 0.3 is 0 Å². The van der Waals surface area contributed by atoms with Crippen LogP contribution in [0.5, 0.6) is 5.75 Å². The Morgan fingerprint density at radius 2 is 2.00 bits per heavy atom. The second-order valence-corrected chi connectivity index (χ2v) is 4.75. The second-order valence-electron chi connectivity index (χ2n) is 4.75. The molecule has 2 N–H and O–H groups in total. The molecule has 0 saturated heterocycles. The van der Waals surface area contributed by atoms with Crippen molar-refractivity contribution < 1.29 is 9.26 Å². The Balaban J connectivity index is 2.02. The van der Waals surface area contributed by atoms with Crippen molar-refractivity contribution in [2.45, 2.75) is 6.92 Å². The highest BCUT2D eigenvalue weighted by Gasteiger charge is 2.15. The van der Waals surface area contributed by atoms with Crippen LogP contribution >= 0.6 is 0 Å². The summed E-state index contributed by atoms with van der Waals surface area (Å²) in [5.74, 6) is 1.56. The topological polar surface area (TPSA) is 74.2 Å². The summed E-state index contributed by atoms with van der Waals surface area (Å²) in [5.41, 5.74) is 9.15. The van der Waals surface area contributed by atoms with E-state index in [9.17, 15) is 0 Å². The van der Waals surface area contributed by atoms with Crippen LogP contribution in [0.3, 0.4) is 0 Å². The standard InChI is InChI=1S/C16H15N3O2/c1-10-4-3-5-11(8-10)15-18-16(21-19-15)13-7-6-12(17)9-14(13)20-2/h3-9H,17H2,1-2H3. The highest BCUT2D eigenvalue weighted by molar-refractivity contribution is 5.68. The highest BCUT2D eigenvalue weighted by Crippen LogP contribution is 2.31. The largest absolute Gasteiger partial charge is 0.496 e. The zero-order chi connectivity index (χ0) is 14.8. The van der Waals surface area contributed by atoms with Crippen LogP contribution in [-0.4, -0.2) is 17.3 Å². The zero-order valence-electron chi connectivity index (χ0n) is 11.8. The van der Waals surface area contributed by atoms with Crippen LogP contribution in [0.1, 0.15) is 5.56 Å². The highest BCUT2D eigenvalue weighted by atomic mass is 16.5. The number of aromatic nitrogens is 2. The first-order valence-electron chi connectivity index (χ1n) is 6.52. The maximum Gasteiger partial charge on any atom is 0.262 e. The van der Waals surface area contributed by atoms with Gasteiger partial charge in [0.05, 0.1) is 12.7 Å². The molecule has 0 unspecified atom stereocenters. The van der Waals surface area contributed by atoms with Gasteiger partial charge in [-0.3, -0.25) is 0 Å². The van der Waals surface area contributed by atoms with Crippen LogP contribution in [-0.2, 0) is 0 Å². The molecule has 0 fully saturated rings. The predicted molar refractivity (Wildman–Crippen MR) is 80.9 cm³/mol. The molecule has 21 heavy (non-hydrogen) atoms. The van der Waals surface area contributed by atoms with Crippen molar-refractivity contribution in [3.05, 3.63) is 48.0 Å². The molecule has 106 valence electrons. The maximum absolute atomic E-state index is 5.75. The molecule has 1 heterocycles. The average molecular weight is 281 g/mol. The van der Waals surface area contributed by atoms with Crippen molar-refractivity contribution in [3.63, 3.8) is 0 Å². The summed E-state index contributed by atoms with van der Waals surface area (Å²) in [6.45, 7) is 2.02. The van der Waals surface area contributed by atoms with E-state index in [2.05, 4.69) is 10.1 Å². The first kappa shape index (κ1) is 13.2. The molecule has 5 heteroatoms. The minimum Gasteiger partial charge on any atom is -0.496 e. The van der Waals surface area contributed by atoms with Crippen molar-refractivity contribution in [1.82, 2.24) is 10.1 Å². The Morgan fingerprint density at radius 1 is 1.14 bits per heavy atom. The van der Waals surface area contributed by atoms with Gasteiger partial charge in [-0.15, -0.1) is 0 Å². The fourth-order valence-electron chi connectivity index (χ4n) is 2.12. The zero-order valence-corrected chi connectivity index (χ0v) is 11.8. The number of anilines is 1. The Kier molecular flexibility index (Phi) is 3.31. The molecular formula is C16H15N3O2. The van der Waals surface area contributed by atoms with Gasteiger partial charge in [-0.05, 0) is 25.1 Å². The van der Waals surface area contributed by atoms with Gasteiger partial charge in [-0.25, -0.2) is 0 Å². The Hall–Kier alpha value is -2.82. The summed E-state index contributed by atoms with van der Waals surface area (Å²) >= 11 is 0. The van der Waals surface area contributed by atoms with Crippen molar-refractivity contribution in [2.24, 2.45) is 0 Å². The minimum absolute atomic E-state index is 0.406. The number of aryl methyl sites for hydroxylation is 1. The quantitative estimate of drug-likeness (QED) is 0.745. The maximum atomic E-state index is 5.75. The van der Waals surface area contributed by atoms with Crippen LogP contribution in [0.25, 0.3) is 22.8 Å². The Bertz CT molecular complexity index is 781. The third kappa shape index (κ3) is 2.58. The minimum atomic E-state index is 0.406. The molecule has 0 atom stereocenters. The van der Waals surface area contributed by atoms with E-state index in [0.717, 1.165) is 16.7 Å². The molecule has 3 rings (SSSR count). The molecule has 3 aromatic rings. The Morgan fingerprint density at radius 3 is 2.76 bits per heavy atom. The molecule has 1 aromatic heterocycles. The lowest BCUT2D eigenvalue weighted by Crippen LogP contribution is -1.91. The lowest BCUT2D eigenvalue weighted by Gasteiger charge is -2.05. The predicted octanol–water partition coefficient (Wildman–Crippen LogP) is 3.30. The summed E-state index contributed by atoms with van der Waals surface area (Å²) < 4.78 is 10.7. The molecule has 0 saturated carbocycles. The summed E-state index contributed by atoms with van der Waals surface area (Å²) in [4.78, 5) is 4.43. The second kappa shape index (κ2) is 5.28. The van der Waals surface area contributed by atoms with Gasteiger partial charge in [0.1, 0.15) is 5.75 Å². The fraction of sp³-hybridized carbons (Fsp3) is 0.125. The van der Waals surface area contributed by atoms with Gasteiger partial charge in [-0.1, -0.05) is 28.9 Å². The van der Waals surface area contributed by atoms with E-state index in [0.29, 0.717) is 23.2 Å². The van der Waals surface area contributed by atoms with Crippen molar-refractivity contribution in [3.8, 4) is 28.6 Å². The van der Waals surface area contributed by atoms with E-state index in [1.807, 2.05) is 37.3 Å². The van der Waals surface area contributed by atoms with E-state index in [1.165, 1.54) is 0 Å².